The lowest BCUT2D eigenvalue weighted by molar-refractivity contribution is -0.161. The zero-order chi connectivity index (χ0) is 63.5. The highest BCUT2D eigenvalue weighted by atomic mass is 31.2. The summed E-state index contributed by atoms with van der Waals surface area (Å²) in [5.74, 6) is -1.36. The van der Waals surface area contributed by atoms with E-state index in [1.54, 1.807) is 0 Å². The highest BCUT2D eigenvalue weighted by Crippen LogP contribution is 2.45. The minimum atomic E-state index is -4.95. The molecule has 0 aliphatic carbocycles. The van der Waals surface area contributed by atoms with Crippen molar-refractivity contribution < 1.29 is 80.2 Å². The van der Waals surface area contributed by atoms with Gasteiger partial charge in [-0.1, -0.05) is 291 Å². The van der Waals surface area contributed by atoms with Crippen LogP contribution in [-0.2, 0) is 65.4 Å². The lowest BCUT2D eigenvalue weighted by Gasteiger charge is -2.21. The summed E-state index contributed by atoms with van der Waals surface area (Å²) in [7, 11) is -9.88. The van der Waals surface area contributed by atoms with Crippen LogP contribution in [0.3, 0.4) is 0 Å². The molecular formula is C67H130O17P2. The smallest absolute Gasteiger partial charge is 0.462 e. The lowest BCUT2D eigenvalue weighted by Crippen LogP contribution is -2.30. The average molecular weight is 1270 g/mol. The molecule has 3 unspecified atom stereocenters. The third-order valence-corrected chi connectivity index (χ3v) is 17.8. The van der Waals surface area contributed by atoms with Gasteiger partial charge in [-0.25, -0.2) is 9.13 Å². The van der Waals surface area contributed by atoms with E-state index < -0.39 is 97.5 Å². The van der Waals surface area contributed by atoms with Gasteiger partial charge in [0, 0.05) is 25.7 Å². The number of carbonyl (C=O) groups is 4. The molecule has 0 aromatic heterocycles. The van der Waals surface area contributed by atoms with Gasteiger partial charge in [-0.3, -0.25) is 37.3 Å². The SMILES string of the molecule is CCCCCCCCCCCCCCCCCCCCC(=O)O[C@H](COC(=O)CCCCCCCCCCC(C)CC)COP(=O)(O)OC[C@@H](O)COP(=O)(O)OC[C@@H](COC(=O)CCCCCCCCCC)OC(=O)CCCCCCCCCC. The number of unbranched alkanes of at least 4 members (excludes halogenated alkanes) is 38. The first-order chi connectivity index (χ1) is 41.6. The number of aliphatic hydroxyl groups is 1. The fraction of sp³-hybridized carbons (Fsp3) is 0.940. The molecule has 0 amide bonds. The minimum absolute atomic E-state index is 0.105. The monoisotopic (exact) mass is 1270 g/mol. The molecule has 0 saturated heterocycles. The average Bonchev–Trinajstić information content (AvgIpc) is 3.69. The molecule has 0 aliphatic heterocycles. The van der Waals surface area contributed by atoms with E-state index in [1.165, 1.54) is 154 Å². The van der Waals surface area contributed by atoms with Crippen molar-refractivity contribution in [3.8, 4) is 0 Å². The number of ether oxygens (including phenoxy) is 4. The number of hydrogen-bond acceptors (Lipinski definition) is 15. The van der Waals surface area contributed by atoms with Crippen molar-refractivity contribution in [3.63, 3.8) is 0 Å². The second-order valence-corrected chi connectivity index (χ2v) is 27.4. The van der Waals surface area contributed by atoms with Gasteiger partial charge in [-0.05, 0) is 31.6 Å². The van der Waals surface area contributed by atoms with Crippen LogP contribution in [0.2, 0.25) is 0 Å². The summed E-state index contributed by atoms with van der Waals surface area (Å²) in [6, 6.07) is 0. The first kappa shape index (κ1) is 84.1. The maximum atomic E-state index is 13.0. The minimum Gasteiger partial charge on any atom is -0.462 e. The standard InChI is InChI=1S/C67H130O17P2/c1-6-10-13-16-19-22-23-24-25-26-27-28-29-30-31-38-43-48-53-67(72)84-63(57-78-65(70)51-46-41-37-33-32-34-39-44-49-60(5)9-4)59-82-86(75,76)80-55-61(68)54-79-85(73,74)81-58-62(83-66(71)52-47-42-36-21-18-15-12-8-3)56-77-64(69)50-45-40-35-20-17-14-11-7-2/h60-63,68H,6-59H2,1-5H3,(H,73,74)(H,75,76)/t60?,61-,62+,63+/m0/s1. The highest BCUT2D eigenvalue weighted by molar-refractivity contribution is 7.47. The number of aliphatic hydroxyl groups excluding tert-OH is 1. The molecule has 17 nitrogen and oxygen atoms in total. The molecule has 19 heteroatoms. The summed E-state index contributed by atoms with van der Waals surface area (Å²) < 4.78 is 68.0. The molecule has 0 spiro atoms. The third-order valence-electron chi connectivity index (χ3n) is 15.9. The van der Waals surface area contributed by atoms with Crippen molar-refractivity contribution in [2.24, 2.45) is 5.92 Å². The zero-order valence-corrected chi connectivity index (χ0v) is 57.2. The molecule has 0 bridgehead atoms. The van der Waals surface area contributed by atoms with Crippen molar-refractivity contribution in [2.45, 2.75) is 361 Å². The number of phosphoric ester groups is 2. The summed E-state index contributed by atoms with van der Waals surface area (Å²) in [5, 5.41) is 10.5. The maximum absolute atomic E-state index is 13.0. The lowest BCUT2D eigenvalue weighted by atomic mass is 9.99. The van der Waals surface area contributed by atoms with Gasteiger partial charge in [0.1, 0.15) is 19.3 Å². The van der Waals surface area contributed by atoms with Gasteiger partial charge in [0.2, 0.25) is 0 Å². The molecule has 0 radical (unpaired) electrons. The van der Waals surface area contributed by atoms with Gasteiger partial charge >= 0.3 is 39.5 Å². The van der Waals surface area contributed by atoms with Crippen molar-refractivity contribution in [1.82, 2.24) is 0 Å². The molecule has 0 aromatic rings. The summed E-state index contributed by atoms with van der Waals surface area (Å²) in [6.45, 7) is 7.17. The highest BCUT2D eigenvalue weighted by Gasteiger charge is 2.30. The molecule has 0 aromatic carbocycles. The second kappa shape index (κ2) is 60.6. The summed E-state index contributed by atoms with van der Waals surface area (Å²) in [6.07, 6.45) is 45.9. The Balaban J connectivity index is 5.18. The van der Waals surface area contributed by atoms with Crippen LogP contribution in [0, 0.1) is 5.92 Å². The maximum Gasteiger partial charge on any atom is 0.472 e. The van der Waals surface area contributed by atoms with E-state index in [4.69, 9.17) is 37.0 Å². The van der Waals surface area contributed by atoms with Crippen molar-refractivity contribution in [1.29, 1.82) is 0 Å². The van der Waals surface area contributed by atoms with Gasteiger partial charge < -0.3 is 33.8 Å². The van der Waals surface area contributed by atoms with E-state index in [-0.39, 0.29) is 25.7 Å². The largest absolute Gasteiger partial charge is 0.472 e. The third kappa shape index (κ3) is 59.7. The Labute approximate surface area is 524 Å². The topological polar surface area (TPSA) is 237 Å². The quantitative estimate of drug-likeness (QED) is 0.0222. The van der Waals surface area contributed by atoms with Gasteiger partial charge in [0.15, 0.2) is 12.2 Å². The van der Waals surface area contributed by atoms with E-state index in [0.717, 1.165) is 109 Å². The van der Waals surface area contributed by atoms with E-state index in [1.807, 2.05) is 0 Å². The van der Waals surface area contributed by atoms with E-state index in [0.29, 0.717) is 25.7 Å². The van der Waals surface area contributed by atoms with Gasteiger partial charge in [-0.15, -0.1) is 0 Å². The van der Waals surface area contributed by atoms with Gasteiger partial charge in [-0.2, -0.15) is 0 Å². The number of esters is 4. The zero-order valence-electron chi connectivity index (χ0n) is 55.4. The van der Waals surface area contributed by atoms with Crippen LogP contribution in [0.15, 0.2) is 0 Å². The predicted molar refractivity (Wildman–Crippen MR) is 345 cm³/mol. The van der Waals surface area contributed by atoms with Crippen LogP contribution in [0.25, 0.3) is 0 Å². The molecule has 0 aliphatic rings. The van der Waals surface area contributed by atoms with Crippen molar-refractivity contribution in [3.05, 3.63) is 0 Å². The Kier molecular flexibility index (Phi) is 59.2. The number of rotatable bonds is 67. The van der Waals surface area contributed by atoms with Gasteiger partial charge in [0.25, 0.3) is 0 Å². The number of phosphoric acid groups is 2. The second-order valence-electron chi connectivity index (χ2n) is 24.5. The number of carbonyl (C=O) groups excluding carboxylic acids is 4. The van der Waals surface area contributed by atoms with E-state index in [9.17, 15) is 43.2 Å². The first-order valence-electron chi connectivity index (χ1n) is 35.2. The predicted octanol–water partition coefficient (Wildman–Crippen LogP) is 19.0. The molecule has 510 valence electrons. The van der Waals surface area contributed by atoms with Crippen LogP contribution in [0.4, 0.5) is 0 Å². The molecule has 86 heavy (non-hydrogen) atoms. The fourth-order valence-corrected chi connectivity index (χ4v) is 11.7. The Morgan fingerprint density at radius 2 is 0.558 bits per heavy atom. The Bertz CT molecular complexity index is 1670. The fourth-order valence-electron chi connectivity index (χ4n) is 10.1. The van der Waals surface area contributed by atoms with Crippen LogP contribution < -0.4 is 0 Å². The normalized spacial score (nSPS) is 14.5. The summed E-state index contributed by atoms with van der Waals surface area (Å²) >= 11 is 0. The summed E-state index contributed by atoms with van der Waals surface area (Å²) in [4.78, 5) is 72.2. The Morgan fingerprint density at radius 3 is 0.826 bits per heavy atom. The first-order valence-corrected chi connectivity index (χ1v) is 38.2. The van der Waals surface area contributed by atoms with Crippen LogP contribution in [0.5, 0.6) is 0 Å². The molecule has 6 atom stereocenters. The van der Waals surface area contributed by atoms with E-state index >= 15 is 0 Å². The van der Waals surface area contributed by atoms with E-state index in [2.05, 4.69) is 34.6 Å². The molecule has 0 rings (SSSR count). The number of hydrogen-bond donors (Lipinski definition) is 3. The van der Waals surface area contributed by atoms with Crippen LogP contribution in [-0.4, -0.2) is 96.7 Å². The molecule has 0 fully saturated rings. The molecular weight excluding hydrogens is 1140 g/mol. The molecule has 0 heterocycles. The van der Waals surface area contributed by atoms with Gasteiger partial charge in [0.05, 0.1) is 26.4 Å². The Morgan fingerprint density at radius 1 is 0.326 bits per heavy atom. The summed E-state index contributed by atoms with van der Waals surface area (Å²) in [5.41, 5.74) is 0. The Hall–Kier alpha value is -1.94. The van der Waals surface area contributed by atoms with Crippen LogP contribution >= 0.6 is 15.6 Å². The molecule has 3 N–H and O–H groups in total. The molecule has 0 saturated carbocycles. The van der Waals surface area contributed by atoms with Crippen molar-refractivity contribution >= 4 is 39.5 Å². The van der Waals surface area contributed by atoms with Crippen LogP contribution in [0.1, 0.15) is 343 Å². The van der Waals surface area contributed by atoms with Crippen molar-refractivity contribution in [2.75, 3.05) is 39.6 Å².